The maximum absolute atomic E-state index is 12.4. The summed E-state index contributed by atoms with van der Waals surface area (Å²) in [5.41, 5.74) is 6.25. The van der Waals surface area contributed by atoms with Crippen molar-refractivity contribution < 1.29 is 4.79 Å². The van der Waals surface area contributed by atoms with Crippen molar-refractivity contribution in [1.82, 2.24) is 24.8 Å². The standard InChI is InChI=1S/C26H31N5O/c1-19-22(20(2)31-26(28-19)23-12-7-8-13-24(23)29-31)14-15-25(32)27-16-9-17-30(3)18-21-10-5-4-6-11-21/h4-8,10-13H,9,14-18H2,1-3H3,(H,27,32). The van der Waals surface area contributed by atoms with E-state index in [1.54, 1.807) is 0 Å². The van der Waals surface area contributed by atoms with Crippen molar-refractivity contribution in [2.75, 3.05) is 20.1 Å². The molecule has 166 valence electrons. The molecular formula is C26H31N5O. The van der Waals surface area contributed by atoms with Crippen LogP contribution < -0.4 is 5.32 Å². The molecule has 0 spiro atoms. The van der Waals surface area contributed by atoms with Gasteiger partial charge >= 0.3 is 0 Å². The molecule has 32 heavy (non-hydrogen) atoms. The van der Waals surface area contributed by atoms with E-state index in [0.29, 0.717) is 19.4 Å². The van der Waals surface area contributed by atoms with E-state index in [1.807, 2.05) is 41.8 Å². The lowest BCUT2D eigenvalue weighted by atomic mass is 10.1. The Morgan fingerprint density at radius 3 is 2.62 bits per heavy atom. The molecule has 6 nitrogen and oxygen atoms in total. The van der Waals surface area contributed by atoms with Gasteiger partial charge < -0.3 is 10.2 Å². The smallest absolute Gasteiger partial charge is 0.220 e. The second-order valence-corrected chi connectivity index (χ2v) is 8.44. The third kappa shape index (κ3) is 4.97. The summed E-state index contributed by atoms with van der Waals surface area (Å²) in [5, 5.41) is 8.82. The Morgan fingerprint density at radius 1 is 1.06 bits per heavy atom. The molecule has 0 atom stereocenters. The summed E-state index contributed by atoms with van der Waals surface area (Å²) in [6.07, 6.45) is 2.05. The normalized spacial score (nSPS) is 11.5. The molecule has 0 radical (unpaired) electrons. The molecule has 4 rings (SSSR count). The number of rotatable bonds is 9. The SMILES string of the molecule is Cc1nc2c3ccccc3nn2c(C)c1CCC(=O)NCCCN(C)Cc1ccccc1. The lowest BCUT2D eigenvalue weighted by Crippen LogP contribution is -2.28. The molecular weight excluding hydrogens is 398 g/mol. The van der Waals surface area contributed by atoms with Gasteiger partial charge in [-0.2, -0.15) is 5.10 Å². The minimum atomic E-state index is 0.0836. The second-order valence-electron chi connectivity index (χ2n) is 8.44. The number of amides is 1. The van der Waals surface area contributed by atoms with Gasteiger partial charge in [-0.05, 0) is 63.5 Å². The van der Waals surface area contributed by atoms with Gasteiger partial charge in [-0.15, -0.1) is 0 Å². The summed E-state index contributed by atoms with van der Waals surface area (Å²) >= 11 is 0. The lowest BCUT2D eigenvalue weighted by molar-refractivity contribution is -0.121. The predicted molar refractivity (Wildman–Crippen MR) is 129 cm³/mol. The van der Waals surface area contributed by atoms with Gasteiger partial charge in [0.1, 0.15) is 0 Å². The molecule has 1 amide bonds. The monoisotopic (exact) mass is 429 g/mol. The quantitative estimate of drug-likeness (QED) is 0.408. The van der Waals surface area contributed by atoms with Crippen LogP contribution in [0.4, 0.5) is 0 Å². The van der Waals surface area contributed by atoms with Crippen LogP contribution in [0.1, 0.15) is 35.4 Å². The maximum atomic E-state index is 12.4. The van der Waals surface area contributed by atoms with E-state index in [9.17, 15) is 4.79 Å². The molecule has 0 fully saturated rings. The van der Waals surface area contributed by atoms with Gasteiger partial charge in [-0.3, -0.25) is 4.79 Å². The van der Waals surface area contributed by atoms with Crippen molar-refractivity contribution in [3.8, 4) is 0 Å². The van der Waals surface area contributed by atoms with Gasteiger partial charge in [0.25, 0.3) is 0 Å². The zero-order valence-electron chi connectivity index (χ0n) is 19.1. The van der Waals surface area contributed by atoms with Crippen LogP contribution in [-0.4, -0.2) is 45.5 Å². The summed E-state index contributed by atoms with van der Waals surface area (Å²) in [6.45, 7) is 6.64. The van der Waals surface area contributed by atoms with E-state index >= 15 is 0 Å². The average Bonchev–Trinajstić information content (AvgIpc) is 3.16. The molecule has 0 aliphatic heterocycles. The van der Waals surface area contributed by atoms with E-state index in [2.05, 4.69) is 48.5 Å². The van der Waals surface area contributed by atoms with E-state index in [4.69, 9.17) is 10.1 Å². The minimum Gasteiger partial charge on any atom is -0.356 e. The van der Waals surface area contributed by atoms with Crippen molar-refractivity contribution in [2.45, 2.75) is 39.7 Å². The fraction of sp³-hybridized carbons (Fsp3) is 0.346. The van der Waals surface area contributed by atoms with Gasteiger partial charge in [-0.1, -0.05) is 42.5 Å². The molecule has 0 aliphatic rings. The molecule has 6 heteroatoms. The third-order valence-corrected chi connectivity index (χ3v) is 5.95. The number of fused-ring (bicyclic) bond motifs is 3. The van der Waals surface area contributed by atoms with Crippen LogP contribution in [0.3, 0.4) is 0 Å². The van der Waals surface area contributed by atoms with Crippen molar-refractivity contribution >= 4 is 22.5 Å². The molecule has 2 aromatic heterocycles. The number of aryl methyl sites for hydroxylation is 2. The molecule has 0 bridgehead atoms. The van der Waals surface area contributed by atoms with Crippen LogP contribution in [0.2, 0.25) is 0 Å². The number of nitrogens with zero attached hydrogens (tertiary/aromatic N) is 4. The first-order chi connectivity index (χ1) is 15.5. The van der Waals surface area contributed by atoms with Crippen molar-refractivity contribution in [3.05, 3.63) is 77.1 Å². The van der Waals surface area contributed by atoms with Crippen molar-refractivity contribution in [1.29, 1.82) is 0 Å². The molecule has 0 saturated carbocycles. The average molecular weight is 430 g/mol. The fourth-order valence-electron chi connectivity index (χ4n) is 4.22. The van der Waals surface area contributed by atoms with E-state index in [-0.39, 0.29) is 5.91 Å². The Bertz CT molecular complexity index is 1220. The summed E-state index contributed by atoms with van der Waals surface area (Å²) in [4.78, 5) is 19.5. The van der Waals surface area contributed by atoms with E-state index < -0.39 is 0 Å². The Labute approximate surface area is 189 Å². The number of nitrogens with one attached hydrogen (secondary N) is 1. The zero-order chi connectivity index (χ0) is 22.5. The van der Waals surface area contributed by atoms with Crippen LogP contribution in [0.5, 0.6) is 0 Å². The first-order valence-electron chi connectivity index (χ1n) is 11.3. The second kappa shape index (κ2) is 9.92. The highest BCUT2D eigenvalue weighted by Crippen LogP contribution is 2.22. The molecule has 1 N–H and O–H groups in total. The number of aromatic nitrogens is 3. The van der Waals surface area contributed by atoms with E-state index in [1.165, 1.54) is 5.56 Å². The molecule has 0 unspecified atom stereocenters. The predicted octanol–water partition coefficient (Wildman–Crippen LogP) is 4.07. The molecule has 4 aromatic rings. The third-order valence-electron chi connectivity index (χ3n) is 5.95. The van der Waals surface area contributed by atoms with Gasteiger partial charge in [0, 0.05) is 36.3 Å². The Hall–Kier alpha value is -3.25. The molecule has 0 saturated heterocycles. The molecule has 2 heterocycles. The Balaban J connectivity index is 1.28. The number of carbonyl (C=O) groups excluding carboxylic acids is 1. The van der Waals surface area contributed by atoms with Crippen molar-refractivity contribution in [3.63, 3.8) is 0 Å². The number of benzene rings is 2. The van der Waals surface area contributed by atoms with Crippen LogP contribution in [-0.2, 0) is 17.8 Å². The summed E-state index contributed by atoms with van der Waals surface area (Å²) in [7, 11) is 2.11. The van der Waals surface area contributed by atoms with Crippen LogP contribution in [0.15, 0.2) is 54.6 Å². The van der Waals surface area contributed by atoms with Crippen LogP contribution in [0, 0.1) is 13.8 Å². The minimum absolute atomic E-state index is 0.0836. The Morgan fingerprint density at radius 2 is 1.81 bits per heavy atom. The number of carbonyl (C=O) groups is 1. The largest absolute Gasteiger partial charge is 0.356 e. The lowest BCUT2D eigenvalue weighted by Gasteiger charge is -2.16. The highest BCUT2D eigenvalue weighted by molar-refractivity contribution is 5.92. The summed E-state index contributed by atoms with van der Waals surface area (Å²) < 4.78 is 1.91. The molecule has 2 aromatic carbocycles. The van der Waals surface area contributed by atoms with Crippen molar-refractivity contribution in [2.24, 2.45) is 0 Å². The first-order valence-corrected chi connectivity index (χ1v) is 11.3. The maximum Gasteiger partial charge on any atom is 0.220 e. The topological polar surface area (TPSA) is 62.5 Å². The van der Waals surface area contributed by atoms with Gasteiger partial charge in [0.2, 0.25) is 5.91 Å². The first kappa shape index (κ1) is 22.0. The zero-order valence-corrected chi connectivity index (χ0v) is 19.1. The van der Waals surface area contributed by atoms with Crippen LogP contribution >= 0.6 is 0 Å². The Kier molecular flexibility index (Phi) is 6.81. The van der Waals surface area contributed by atoms with E-state index in [0.717, 1.165) is 53.0 Å². The van der Waals surface area contributed by atoms with Gasteiger partial charge in [0.05, 0.1) is 5.52 Å². The highest BCUT2D eigenvalue weighted by Gasteiger charge is 2.14. The number of hydrogen-bond donors (Lipinski definition) is 1. The van der Waals surface area contributed by atoms with Crippen LogP contribution in [0.25, 0.3) is 16.6 Å². The highest BCUT2D eigenvalue weighted by atomic mass is 16.1. The summed E-state index contributed by atoms with van der Waals surface area (Å²) in [6, 6.07) is 18.5. The van der Waals surface area contributed by atoms with Gasteiger partial charge in [-0.25, -0.2) is 9.50 Å². The van der Waals surface area contributed by atoms with Gasteiger partial charge in [0.15, 0.2) is 5.65 Å². The summed E-state index contributed by atoms with van der Waals surface area (Å²) in [5.74, 6) is 0.0836. The number of hydrogen-bond acceptors (Lipinski definition) is 4. The fourth-order valence-corrected chi connectivity index (χ4v) is 4.22. The molecule has 0 aliphatic carbocycles.